The number of hydrogen-bond acceptors (Lipinski definition) is 5. The zero-order valence-corrected chi connectivity index (χ0v) is 15.7. The van der Waals surface area contributed by atoms with Gasteiger partial charge in [-0.3, -0.25) is 14.4 Å². The predicted octanol–water partition coefficient (Wildman–Crippen LogP) is 0.211. The lowest BCUT2D eigenvalue weighted by molar-refractivity contribution is -0.135. The van der Waals surface area contributed by atoms with E-state index in [1.165, 1.54) is 6.92 Å². The van der Waals surface area contributed by atoms with Gasteiger partial charge in [-0.05, 0) is 50.3 Å². The summed E-state index contributed by atoms with van der Waals surface area (Å²) in [6, 6.07) is -0.347. The molecule has 2 N–H and O–H groups in total. The van der Waals surface area contributed by atoms with Crippen molar-refractivity contribution in [2.45, 2.75) is 19.4 Å². The first kappa shape index (κ1) is 20.8. The molecule has 1 aliphatic heterocycles. The second-order valence-corrected chi connectivity index (χ2v) is 7.62. The summed E-state index contributed by atoms with van der Waals surface area (Å²) in [7, 11) is 4.21. The van der Waals surface area contributed by atoms with E-state index >= 15 is 0 Å². The molecule has 8 heteroatoms. The minimum atomic E-state index is -0.347. The van der Waals surface area contributed by atoms with Crippen LogP contribution < -0.4 is 5.32 Å². The summed E-state index contributed by atoms with van der Waals surface area (Å²) in [4.78, 5) is 36.4. The van der Waals surface area contributed by atoms with Crippen molar-refractivity contribution in [1.82, 2.24) is 15.1 Å². The van der Waals surface area contributed by atoms with E-state index in [-0.39, 0.29) is 24.3 Å². The number of carbonyl (C=O) groups excluding carboxylic acids is 2. The highest BCUT2D eigenvalue weighted by molar-refractivity contribution is 7.98. The first-order valence-corrected chi connectivity index (χ1v) is 9.52. The predicted molar refractivity (Wildman–Crippen MR) is 94.9 cm³/mol. The molecule has 2 fully saturated rings. The van der Waals surface area contributed by atoms with Crippen molar-refractivity contribution >= 4 is 30.0 Å². The third-order valence-electron chi connectivity index (χ3n) is 4.55. The second-order valence-electron chi connectivity index (χ2n) is 6.64. The number of nitrogens with one attached hydrogen (secondary N) is 1. The van der Waals surface area contributed by atoms with Gasteiger partial charge in [0.15, 0.2) is 0 Å². The average Bonchev–Trinajstić information content (AvgIpc) is 2.95. The molecule has 2 aliphatic rings. The topological polar surface area (TPSA) is 90.0 Å². The molecule has 24 heavy (non-hydrogen) atoms. The van der Waals surface area contributed by atoms with Gasteiger partial charge in [0, 0.05) is 26.6 Å². The van der Waals surface area contributed by atoms with Crippen LogP contribution >= 0.6 is 11.8 Å². The molecule has 1 saturated carbocycles. The van der Waals surface area contributed by atoms with Crippen molar-refractivity contribution in [3.05, 3.63) is 0 Å². The van der Waals surface area contributed by atoms with Crippen LogP contribution in [-0.2, 0) is 14.4 Å². The molecule has 2 amide bonds. The first-order valence-electron chi connectivity index (χ1n) is 8.13. The summed E-state index contributed by atoms with van der Waals surface area (Å²) in [5.41, 5.74) is 0. The van der Waals surface area contributed by atoms with Crippen LogP contribution in [0.4, 0.5) is 0 Å². The summed E-state index contributed by atoms with van der Waals surface area (Å²) >= 11 is 1.71. The molecule has 1 aliphatic carbocycles. The molecule has 138 valence electrons. The number of hydrogen-bond donors (Lipinski definition) is 2. The van der Waals surface area contributed by atoms with E-state index in [4.69, 9.17) is 9.90 Å². The quantitative estimate of drug-likeness (QED) is 0.632. The Hall–Kier alpha value is -1.28. The Balaban J connectivity index is 0.000000891. The molecule has 1 saturated heterocycles. The molecule has 0 aromatic heterocycles. The summed E-state index contributed by atoms with van der Waals surface area (Å²) < 4.78 is 0. The standard InChI is InChI=1S/C15H27N3O2S.CH2O2/c1-10(19)16-14(5-6-21-4)15(20)18-8-12-11(7-17(2)3)13(12)9-18;2-1-3/h11-14H,5-9H2,1-4H3,(H,16,19);1H,(H,2,3)/t11?,12-,13+,14-;/m0./s1. The Morgan fingerprint density at radius 1 is 1.38 bits per heavy atom. The van der Waals surface area contributed by atoms with Crippen LogP contribution in [0.15, 0.2) is 0 Å². The minimum Gasteiger partial charge on any atom is -0.483 e. The number of rotatable bonds is 7. The van der Waals surface area contributed by atoms with Gasteiger partial charge < -0.3 is 20.2 Å². The molecule has 0 radical (unpaired) electrons. The van der Waals surface area contributed by atoms with Gasteiger partial charge in [0.25, 0.3) is 6.47 Å². The Kier molecular flexibility index (Phi) is 8.55. The van der Waals surface area contributed by atoms with Gasteiger partial charge in [0.2, 0.25) is 11.8 Å². The van der Waals surface area contributed by atoms with E-state index in [9.17, 15) is 9.59 Å². The van der Waals surface area contributed by atoms with Crippen LogP contribution in [0.1, 0.15) is 13.3 Å². The lowest BCUT2D eigenvalue weighted by atomic mass is 10.1. The van der Waals surface area contributed by atoms with E-state index in [0.29, 0.717) is 18.3 Å². The first-order chi connectivity index (χ1) is 11.3. The molecule has 0 aromatic rings. The molecular formula is C16H29N3O4S. The molecule has 0 bridgehead atoms. The summed E-state index contributed by atoms with van der Waals surface area (Å²) in [5.74, 6) is 2.99. The van der Waals surface area contributed by atoms with Gasteiger partial charge in [0.1, 0.15) is 6.04 Å². The highest BCUT2D eigenvalue weighted by Gasteiger charge is 2.56. The van der Waals surface area contributed by atoms with Crippen molar-refractivity contribution in [3.8, 4) is 0 Å². The fourth-order valence-electron chi connectivity index (χ4n) is 3.48. The van der Waals surface area contributed by atoms with Crippen molar-refractivity contribution in [2.75, 3.05) is 45.7 Å². The smallest absolute Gasteiger partial charge is 0.290 e. The summed E-state index contributed by atoms with van der Waals surface area (Å²) in [5, 5.41) is 9.70. The number of amides is 2. The number of carboxylic acid groups (broad SMARTS) is 1. The van der Waals surface area contributed by atoms with E-state index in [0.717, 1.165) is 31.3 Å². The van der Waals surface area contributed by atoms with Crippen molar-refractivity contribution in [3.63, 3.8) is 0 Å². The SMILES string of the molecule is CSCC[C@H](NC(C)=O)C(=O)N1C[C@@H]2C(CN(C)C)[C@@H]2C1.O=CO. The van der Waals surface area contributed by atoms with Gasteiger partial charge in [-0.1, -0.05) is 0 Å². The zero-order chi connectivity index (χ0) is 18.3. The van der Waals surface area contributed by atoms with E-state index in [1.807, 2.05) is 11.2 Å². The van der Waals surface area contributed by atoms with E-state index in [2.05, 4.69) is 24.3 Å². The molecule has 4 atom stereocenters. The molecule has 1 unspecified atom stereocenters. The van der Waals surface area contributed by atoms with Crippen molar-refractivity contribution in [2.24, 2.45) is 17.8 Å². The third kappa shape index (κ3) is 5.98. The largest absolute Gasteiger partial charge is 0.483 e. The van der Waals surface area contributed by atoms with Crippen LogP contribution in [0.25, 0.3) is 0 Å². The van der Waals surface area contributed by atoms with E-state index in [1.54, 1.807) is 11.8 Å². The number of carbonyl (C=O) groups is 3. The highest BCUT2D eigenvalue weighted by atomic mass is 32.2. The number of thioether (sulfide) groups is 1. The maximum atomic E-state index is 12.6. The normalized spacial score (nSPS) is 25.4. The molecule has 0 spiro atoms. The maximum Gasteiger partial charge on any atom is 0.290 e. The fourth-order valence-corrected chi connectivity index (χ4v) is 3.95. The Morgan fingerprint density at radius 2 is 1.92 bits per heavy atom. The summed E-state index contributed by atoms with van der Waals surface area (Å²) in [6.45, 7) is 4.10. The number of piperidine rings is 1. The third-order valence-corrected chi connectivity index (χ3v) is 5.19. The second kappa shape index (κ2) is 9.88. The van der Waals surface area contributed by atoms with Crippen LogP contribution in [0.5, 0.6) is 0 Å². The van der Waals surface area contributed by atoms with Crippen molar-refractivity contribution < 1.29 is 19.5 Å². The molecule has 1 heterocycles. The van der Waals surface area contributed by atoms with Gasteiger partial charge in [-0.2, -0.15) is 11.8 Å². The molecular weight excluding hydrogens is 330 g/mol. The average molecular weight is 359 g/mol. The molecule has 2 rings (SSSR count). The highest BCUT2D eigenvalue weighted by Crippen LogP contribution is 2.51. The Labute approximate surface area is 148 Å². The summed E-state index contributed by atoms with van der Waals surface area (Å²) in [6.07, 6.45) is 2.73. The van der Waals surface area contributed by atoms with Crippen LogP contribution in [0.3, 0.4) is 0 Å². The molecule has 7 nitrogen and oxygen atoms in total. The number of nitrogens with zero attached hydrogens (tertiary/aromatic N) is 2. The Bertz CT molecular complexity index is 435. The van der Waals surface area contributed by atoms with Crippen LogP contribution in [0.2, 0.25) is 0 Å². The number of fused-ring (bicyclic) bond motifs is 1. The van der Waals surface area contributed by atoms with Crippen LogP contribution in [0, 0.1) is 17.8 Å². The minimum absolute atomic E-state index is 0.107. The monoisotopic (exact) mass is 359 g/mol. The fraction of sp³-hybridized carbons (Fsp3) is 0.812. The lowest BCUT2D eigenvalue weighted by Crippen LogP contribution is -2.48. The van der Waals surface area contributed by atoms with Gasteiger partial charge >= 0.3 is 0 Å². The lowest BCUT2D eigenvalue weighted by Gasteiger charge is -2.26. The van der Waals surface area contributed by atoms with Crippen molar-refractivity contribution in [1.29, 1.82) is 0 Å². The van der Waals surface area contributed by atoms with Gasteiger partial charge in [-0.25, -0.2) is 0 Å². The zero-order valence-electron chi connectivity index (χ0n) is 14.9. The maximum absolute atomic E-state index is 12.6. The van der Waals surface area contributed by atoms with Gasteiger partial charge in [-0.15, -0.1) is 0 Å². The van der Waals surface area contributed by atoms with E-state index < -0.39 is 0 Å². The number of likely N-dealkylation sites (tertiary alicyclic amines) is 1. The Morgan fingerprint density at radius 3 is 2.33 bits per heavy atom. The van der Waals surface area contributed by atoms with Gasteiger partial charge in [0.05, 0.1) is 0 Å². The molecule has 0 aromatic carbocycles. The van der Waals surface area contributed by atoms with Crippen LogP contribution in [-0.4, -0.2) is 85.0 Å².